The maximum Gasteiger partial charge on any atom is 0.150 e. The summed E-state index contributed by atoms with van der Waals surface area (Å²) in [6, 6.07) is 2.00. The molecular weight excluding hydrogens is 228 g/mol. The van der Waals surface area contributed by atoms with Crippen LogP contribution >= 0.6 is 0 Å². The van der Waals surface area contributed by atoms with Crippen LogP contribution in [0.25, 0.3) is 0 Å². The number of hydrogen-bond donors (Lipinski definition) is 1. The number of halogens is 2. The van der Waals surface area contributed by atoms with E-state index in [2.05, 4.69) is 0 Å². The average Bonchev–Trinajstić information content (AvgIpc) is 2.57. The van der Waals surface area contributed by atoms with Crippen molar-refractivity contribution < 1.29 is 18.7 Å². The van der Waals surface area contributed by atoms with E-state index in [0.29, 0.717) is 19.3 Å². The second kappa shape index (κ2) is 4.07. The van der Waals surface area contributed by atoms with Crippen LogP contribution in [0.15, 0.2) is 12.1 Å². The topological polar surface area (TPSA) is 40.5 Å². The van der Waals surface area contributed by atoms with Crippen LogP contribution in [0.3, 0.4) is 0 Å². The largest absolute Gasteiger partial charge is 0.388 e. The molecule has 1 heterocycles. The van der Waals surface area contributed by atoms with Crippen LogP contribution < -0.4 is 4.90 Å². The van der Waals surface area contributed by atoms with Crippen LogP contribution in [0.5, 0.6) is 0 Å². The zero-order chi connectivity index (χ0) is 12.6. The first kappa shape index (κ1) is 12.0. The van der Waals surface area contributed by atoms with Crippen molar-refractivity contribution >= 4 is 12.0 Å². The minimum absolute atomic E-state index is 0.0327. The van der Waals surface area contributed by atoms with Crippen molar-refractivity contribution in [3.63, 3.8) is 0 Å². The van der Waals surface area contributed by atoms with Gasteiger partial charge in [0.25, 0.3) is 0 Å². The van der Waals surface area contributed by atoms with Gasteiger partial charge in [0.1, 0.15) is 23.6 Å². The van der Waals surface area contributed by atoms with Gasteiger partial charge in [0.15, 0.2) is 0 Å². The number of aldehydes is 1. The second-order valence-corrected chi connectivity index (χ2v) is 4.62. The Kier molecular flexibility index (Phi) is 2.87. The van der Waals surface area contributed by atoms with Crippen molar-refractivity contribution in [1.29, 1.82) is 0 Å². The Bertz CT molecular complexity index is 437. The molecule has 0 amide bonds. The Labute approximate surface area is 97.7 Å². The van der Waals surface area contributed by atoms with Gasteiger partial charge in [0, 0.05) is 18.7 Å². The fourth-order valence-corrected chi connectivity index (χ4v) is 2.09. The predicted molar refractivity (Wildman–Crippen MR) is 59.2 cm³/mol. The second-order valence-electron chi connectivity index (χ2n) is 4.62. The third-order valence-electron chi connectivity index (χ3n) is 2.94. The Morgan fingerprint density at radius 3 is 2.41 bits per heavy atom. The number of rotatable bonds is 2. The normalized spacial score (nSPS) is 24.1. The van der Waals surface area contributed by atoms with Crippen molar-refractivity contribution in [2.24, 2.45) is 0 Å². The molecule has 1 fully saturated rings. The molecule has 1 aliphatic rings. The van der Waals surface area contributed by atoms with Gasteiger partial charge < -0.3 is 10.0 Å². The molecule has 1 N–H and O–H groups in total. The van der Waals surface area contributed by atoms with Gasteiger partial charge in [-0.05, 0) is 25.5 Å². The van der Waals surface area contributed by atoms with Crippen molar-refractivity contribution in [3.8, 4) is 0 Å². The maximum absolute atomic E-state index is 13.7. The Balaban J connectivity index is 2.37. The zero-order valence-electron chi connectivity index (χ0n) is 9.41. The number of benzene rings is 1. The lowest BCUT2D eigenvalue weighted by atomic mass is 10.1. The van der Waals surface area contributed by atoms with Crippen molar-refractivity contribution in [3.05, 3.63) is 29.3 Å². The first-order valence-electron chi connectivity index (χ1n) is 5.34. The highest BCUT2D eigenvalue weighted by Crippen LogP contribution is 2.31. The highest BCUT2D eigenvalue weighted by Gasteiger charge is 2.33. The molecule has 0 saturated carbocycles. The zero-order valence-corrected chi connectivity index (χ0v) is 9.41. The molecule has 0 aromatic heterocycles. The number of β-amino-alcohol motifs (C(OH)–C–C–N with tert-alkyl or cyclic N) is 1. The smallest absolute Gasteiger partial charge is 0.150 e. The average molecular weight is 241 g/mol. The van der Waals surface area contributed by atoms with Crippen LogP contribution in [0, 0.1) is 11.6 Å². The van der Waals surface area contributed by atoms with Gasteiger partial charge in [-0.25, -0.2) is 8.78 Å². The number of aliphatic hydroxyl groups is 1. The Morgan fingerprint density at radius 1 is 1.41 bits per heavy atom. The minimum atomic E-state index is -0.928. The van der Waals surface area contributed by atoms with Gasteiger partial charge in [0.05, 0.1) is 5.60 Å². The first-order chi connectivity index (χ1) is 7.93. The molecule has 92 valence electrons. The summed E-state index contributed by atoms with van der Waals surface area (Å²) >= 11 is 0. The Morgan fingerprint density at radius 2 is 2.00 bits per heavy atom. The molecule has 1 unspecified atom stereocenters. The first-order valence-corrected chi connectivity index (χ1v) is 5.34. The highest BCUT2D eigenvalue weighted by molar-refractivity contribution is 5.76. The van der Waals surface area contributed by atoms with Crippen LogP contribution in [0.4, 0.5) is 14.5 Å². The molecule has 0 spiro atoms. The molecule has 1 aliphatic heterocycles. The lowest BCUT2D eigenvalue weighted by molar-refractivity contribution is 0.0838. The molecule has 0 bridgehead atoms. The minimum Gasteiger partial charge on any atom is -0.388 e. The van der Waals surface area contributed by atoms with Gasteiger partial charge in [-0.3, -0.25) is 4.79 Å². The van der Waals surface area contributed by atoms with Gasteiger partial charge >= 0.3 is 0 Å². The van der Waals surface area contributed by atoms with E-state index >= 15 is 0 Å². The number of nitrogens with zero attached hydrogens (tertiary/aromatic N) is 1. The quantitative estimate of drug-likeness (QED) is 0.802. The van der Waals surface area contributed by atoms with E-state index in [1.807, 2.05) is 0 Å². The van der Waals surface area contributed by atoms with E-state index in [9.17, 15) is 18.7 Å². The van der Waals surface area contributed by atoms with E-state index in [0.717, 1.165) is 12.1 Å². The number of carbonyl (C=O) groups excluding carboxylic acids is 1. The van der Waals surface area contributed by atoms with E-state index in [4.69, 9.17) is 0 Å². The van der Waals surface area contributed by atoms with E-state index < -0.39 is 17.2 Å². The van der Waals surface area contributed by atoms with Gasteiger partial charge in [-0.1, -0.05) is 0 Å². The van der Waals surface area contributed by atoms with Crippen LogP contribution in [0.1, 0.15) is 23.7 Å². The summed E-state index contributed by atoms with van der Waals surface area (Å²) in [7, 11) is 0. The van der Waals surface area contributed by atoms with Crippen molar-refractivity contribution in [2.75, 3.05) is 18.0 Å². The summed E-state index contributed by atoms with van der Waals surface area (Å²) in [4.78, 5) is 11.9. The van der Waals surface area contributed by atoms with Crippen molar-refractivity contribution in [1.82, 2.24) is 0 Å². The lowest BCUT2D eigenvalue weighted by Crippen LogP contribution is -2.30. The summed E-state index contributed by atoms with van der Waals surface area (Å²) in [6.45, 7) is 2.20. The molecule has 0 aliphatic carbocycles. The summed E-state index contributed by atoms with van der Waals surface area (Å²) in [5, 5.41) is 9.77. The molecule has 1 aromatic carbocycles. The monoisotopic (exact) mass is 241 g/mol. The van der Waals surface area contributed by atoms with E-state index in [1.54, 1.807) is 6.92 Å². The highest BCUT2D eigenvalue weighted by atomic mass is 19.1. The van der Waals surface area contributed by atoms with Gasteiger partial charge in [0.2, 0.25) is 0 Å². The number of hydrogen-bond acceptors (Lipinski definition) is 3. The SMILES string of the molecule is CC1(O)CCN(c2c(F)cc(C=O)cc2F)C1. The maximum atomic E-state index is 13.7. The summed E-state index contributed by atoms with van der Waals surface area (Å²) < 4.78 is 27.4. The summed E-state index contributed by atoms with van der Waals surface area (Å²) in [5.41, 5.74) is -1.13. The van der Waals surface area contributed by atoms with Crippen molar-refractivity contribution in [2.45, 2.75) is 18.9 Å². The van der Waals surface area contributed by atoms with Gasteiger partial charge in [-0.2, -0.15) is 0 Å². The number of anilines is 1. The number of carbonyl (C=O) groups is 1. The van der Waals surface area contributed by atoms with Gasteiger partial charge in [-0.15, -0.1) is 0 Å². The summed E-state index contributed by atoms with van der Waals surface area (Å²) in [5.74, 6) is -1.55. The third kappa shape index (κ3) is 2.29. The van der Waals surface area contributed by atoms with E-state index in [-0.39, 0.29) is 17.8 Å². The van der Waals surface area contributed by atoms with Crippen LogP contribution in [0.2, 0.25) is 0 Å². The Hall–Kier alpha value is -1.49. The molecule has 0 radical (unpaired) electrons. The molecule has 17 heavy (non-hydrogen) atoms. The summed E-state index contributed by atoms with van der Waals surface area (Å²) in [6.07, 6.45) is 0.859. The standard InChI is InChI=1S/C12H13F2NO2/c1-12(17)2-3-15(7-12)11-9(13)4-8(6-16)5-10(11)14/h4-6,17H,2-3,7H2,1H3. The fraction of sp³-hybridized carbons (Fsp3) is 0.417. The molecule has 1 aromatic rings. The molecule has 5 heteroatoms. The molecule has 2 rings (SSSR count). The fourth-order valence-electron chi connectivity index (χ4n) is 2.09. The third-order valence-corrected chi connectivity index (χ3v) is 2.94. The van der Waals surface area contributed by atoms with Crippen LogP contribution in [-0.2, 0) is 0 Å². The lowest BCUT2D eigenvalue weighted by Gasteiger charge is -2.21. The molecule has 3 nitrogen and oxygen atoms in total. The van der Waals surface area contributed by atoms with E-state index in [1.165, 1.54) is 4.90 Å². The molecule has 1 atom stereocenters. The van der Waals surface area contributed by atoms with Crippen LogP contribution in [-0.4, -0.2) is 30.1 Å². The molecule has 1 saturated heterocycles. The molecular formula is C12H13F2NO2. The predicted octanol–water partition coefficient (Wildman–Crippen LogP) is 1.74.